The normalized spacial score (nSPS) is 14.9. The Labute approximate surface area is 185 Å². The topological polar surface area (TPSA) is 95.8 Å². The Morgan fingerprint density at radius 2 is 1.88 bits per heavy atom. The second-order valence-corrected chi connectivity index (χ2v) is 8.20. The molecule has 1 aliphatic rings. The average Bonchev–Trinajstić information content (AvgIpc) is 3.25. The SMILES string of the molecule is CCc1cc2ncc(CN3CCN(c4ccc(-c5cn(C)nn5)nc4)CC3)cc2[nH]c1=O. The molecular formula is C23H26N8O. The van der Waals surface area contributed by atoms with Crippen LogP contribution in [0.1, 0.15) is 18.1 Å². The summed E-state index contributed by atoms with van der Waals surface area (Å²) in [6.07, 6.45) is 6.40. The van der Waals surface area contributed by atoms with Gasteiger partial charge >= 0.3 is 0 Å². The van der Waals surface area contributed by atoms with Gasteiger partial charge in [0.25, 0.3) is 5.56 Å². The molecule has 9 nitrogen and oxygen atoms in total. The molecule has 1 N–H and O–H groups in total. The minimum Gasteiger partial charge on any atom is -0.368 e. The van der Waals surface area contributed by atoms with Crippen LogP contribution in [0.4, 0.5) is 5.69 Å². The Morgan fingerprint density at radius 1 is 1.03 bits per heavy atom. The summed E-state index contributed by atoms with van der Waals surface area (Å²) in [4.78, 5) is 29.0. The van der Waals surface area contributed by atoms with E-state index >= 15 is 0 Å². The number of aryl methyl sites for hydroxylation is 2. The number of aromatic nitrogens is 6. The standard InChI is InChI=1S/C23H26N8O/c1-3-17-11-20-21(26-23(17)32)10-16(12-24-20)14-30-6-8-31(9-7-30)18-4-5-19(25-13-18)22-15-29(2)28-27-22/h4-5,10-13,15H,3,6-9,14H2,1-2H3,(H,26,32). The number of anilines is 1. The largest absolute Gasteiger partial charge is 0.368 e. The molecule has 1 aliphatic heterocycles. The molecule has 0 bridgehead atoms. The van der Waals surface area contributed by atoms with E-state index in [1.54, 1.807) is 4.68 Å². The second-order valence-electron chi connectivity index (χ2n) is 8.20. The molecule has 164 valence electrons. The van der Waals surface area contributed by atoms with Crippen LogP contribution in [-0.4, -0.2) is 61.0 Å². The monoisotopic (exact) mass is 430 g/mol. The van der Waals surface area contributed by atoms with Crippen molar-refractivity contribution in [2.75, 3.05) is 31.1 Å². The van der Waals surface area contributed by atoms with Crippen LogP contribution < -0.4 is 10.5 Å². The third kappa shape index (κ3) is 4.11. The van der Waals surface area contributed by atoms with Gasteiger partial charge in [-0.05, 0) is 36.2 Å². The number of aromatic amines is 1. The molecule has 32 heavy (non-hydrogen) atoms. The zero-order chi connectivity index (χ0) is 22.1. The Balaban J connectivity index is 1.21. The van der Waals surface area contributed by atoms with E-state index in [1.165, 1.54) is 0 Å². The summed E-state index contributed by atoms with van der Waals surface area (Å²) in [6, 6.07) is 8.03. The summed E-state index contributed by atoms with van der Waals surface area (Å²) in [5, 5.41) is 8.08. The van der Waals surface area contributed by atoms with Gasteiger partial charge in [0.1, 0.15) is 5.69 Å². The summed E-state index contributed by atoms with van der Waals surface area (Å²) < 4.78 is 1.68. The van der Waals surface area contributed by atoms with Crippen LogP contribution in [0.5, 0.6) is 0 Å². The van der Waals surface area contributed by atoms with Crippen molar-refractivity contribution in [3.63, 3.8) is 0 Å². The minimum absolute atomic E-state index is 0.0218. The molecule has 0 amide bonds. The number of nitrogens with zero attached hydrogens (tertiary/aromatic N) is 7. The van der Waals surface area contributed by atoms with Crippen LogP contribution >= 0.6 is 0 Å². The summed E-state index contributed by atoms with van der Waals surface area (Å²) in [7, 11) is 1.85. The Bertz CT molecular complexity index is 1290. The van der Waals surface area contributed by atoms with Gasteiger partial charge in [-0.1, -0.05) is 12.1 Å². The van der Waals surface area contributed by atoms with Crippen LogP contribution in [0, 0.1) is 0 Å². The van der Waals surface area contributed by atoms with Gasteiger partial charge in [0.2, 0.25) is 0 Å². The zero-order valence-electron chi connectivity index (χ0n) is 18.3. The first kappa shape index (κ1) is 20.3. The number of H-pyrrole nitrogens is 1. The Hall–Kier alpha value is -3.59. The predicted molar refractivity (Wildman–Crippen MR) is 123 cm³/mol. The summed E-state index contributed by atoms with van der Waals surface area (Å²) in [5.41, 5.74) is 6.23. The smallest absolute Gasteiger partial charge is 0.251 e. The lowest BCUT2D eigenvalue weighted by molar-refractivity contribution is 0.249. The van der Waals surface area contributed by atoms with E-state index in [0.29, 0.717) is 6.42 Å². The van der Waals surface area contributed by atoms with Crippen molar-refractivity contribution in [2.24, 2.45) is 7.05 Å². The van der Waals surface area contributed by atoms with Crippen LogP contribution in [-0.2, 0) is 20.0 Å². The molecule has 5 rings (SSSR count). The van der Waals surface area contributed by atoms with Gasteiger partial charge in [0, 0.05) is 51.5 Å². The van der Waals surface area contributed by atoms with Crippen LogP contribution in [0.3, 0.4) is 0 Å². The van der Waals surface area contributed by atoms with Crippen LogP contribution in [0.15, 0.2) is 47.7 Å². The van der Waals surface area contributed by atoms with Gasteiger partial charge in [-0.15, -0.1) is 5.10 Å². The number of hydrogen-bond acceptors (Lipinski definition) is 7. The third-order valence-electron chi connectivity index (χ3n) is 5.96. The molecule has 9 heteroatoms. The highest BCUT2D eigenvalue weighted by molar-refractivity contribution is 5.74. The highest BCUT2D eigenvalue weighted by atomic mass is 16.1. The van der Waals surface area contributed by atoms with Crippen LogP contribution in [0.25, 0.3) is 22.4 Å². The van der Waals surface area contributed by atoms with Crippen LogP contribution in [0.2, 0.25) is 0 Å². The lowest BCUT2D eigenvalue weighted by Crippen LogP contribution is -2.46. The van der Waals surface area contributed by atoms with Crippen molar-refractivity contribution in [1.82, 2.24) is 34.8 Å². The molecule has 0 spiro atoms. The predicted octanol–water partition coefficient (Wildman–Crippen LogP) is 2.00. The fourth-order valence-corrected chi connectivity index (χ4v) is 4.13. The van der Waals surface area contributed by atoms with Gasteiger partial charge < -0.3 is 9.88 Å². The van der Waals surface area contributed by atoms with E-state index in [0.717, 1.165) is 72.0 Å². The first-order valence-electron chi connectivity index (χ1n) is 10.9. The molecule has 5 heterocycles. The van der Waals surface area contributed by atoms with Crippen molar-refractivity contribution >= 4 is 16.7 Å². The van der Waals surface area contributed by atoms with E-state index in [-0.39, 0.29) is 5.56 Å². The highest BCUT2D eigenvalue weighted by Crippen LogP contribution is 2.20. The number of rotatable bonds is 5. The molecule has 0 aliphatic carbocycles. The summed E-state index contributed by atoms with van der Waals surface area (Å²) in [5.74, 6) is 0. The molecule has 0 atom stereocenters. The molecular weight excluding hydrogens is 404 g/mol. The van der Waals surface area contributed by atoms with Crippen molar-refractivity contribution in [3.8, 4) is 11.4 Å². The van der Waals surface area contributed by atoms with Gasteiger partial charge in [0.05, 0.1) is 34.8 Å². The van der Waals surface area contributed by atoms with Crippen molar-refractivity contribution < 1.29 is 0 Å². The number of fused-ring (bicyclic) bond motifs is 1. The van der Waals surface area contributed by atoms with Gasteiger partial charge in [0.15, 0.2) is 0 Å². The molecule has 1 fully saturated rings. The minimum atomic E-state index is -0.0218. The van der Waals surface area contributed by atoms with Crippen molar-refractivity contribution in [2.45, 2.75) is 19.9 Å². The number of nitrogens with one attached hydrogen (secondary N) is 1. The van der Waals surface area contributed by atoms with E-state index in [4.69, 9.17) is 0 Å². The molecule has 4 aromatic heterocycles. The van der Waals surface area contributed by atoms with Gasteiger partial charge in [-0.25, -0.2) is 0 Å². The molecule has 0 saturated carbocycles. The van der Waals surface area contributed by atoms with E-state index < -0.39 is 0 Å². The lowest BCUT2D eigenvalue weighted by atomic mass is 10.1. The number of pyridine rings is 3. The fraction of sp³-hybridized carbons (Fsp3) is 0.348. The zero-order valence-corrected chi connectivity index (χ0v) is 18.3. The number of piperazine rings is 1. The number of hydrogen-bond donors (Lipinski definition) is 1. The summed E-state index contributed by atoms with van der Waals surface area (Å²) >= 11 is 0. The van der Waals surface area contributed by atoms with E-state index in [9.17, 15) is 4.79 Å². The lowest BCUT2D eigenvalue weighted by Gasteiger charge is -2.36. The Kier molecular flexibility index (Phi) is 5.40. The average molecular weight is 431 g/mol. The third-order valence-corrected chi connectivity index (χ3v) is 5.96. The first-order valence-corrected chi connectivity index (χ1v) is 10.9. The highest BCUT2D eigenvalue weighted by Gasteiger charge is 2.18. The first-order chi connectivity index (χ1) is 15.6. The summed E-state index contributed by atoms with van der Waals surface area (Å²) in [6.45, 7) is 6.57. The molecule has 1 saturated heterocycles. The van der Waals surface area contributed by atoms with E-state index in [1.807, 2.05) is 50.8 Å². The maximum Gasteiger partial charge on any atom is 0.251 e. The second kappa shape index (κ2) is 8.51. The maximum absolute atomic E-state index is 12.1. The molecule has 0 aromatic carbocycles. The van der Waals surface area contributed by atoms with Crippen molar-refractivity contribution in [3.05, 3.63) is 64.3 Å². The van der Waals surface area contributed by atoms with Gasteiger partial charge in [-0.3, -0.25) is 24.3 Å². The molecule has 0 radical (unpaired) electrons. The maximum atomic E-state index is 12.1. The molecule has 4 aromatic rings. The van der Waals surface area contributed by atoms with Crippen molar-refractivity contribution in [1.29, 1.82) is 0 Å². The van der Waals surface area contributed by atoms with Gasteiger partial charge in [-0.2, -0.15) is 0 Å². The Morgan fingerprint density at radius 3 is 2.56 bits per heavy atom. The fourth-order valence-electron chi connectivity index (χ4n) is 4.13. The molecule has 0 unspecified atom stereocenters. The quantitative estimate of drug-likeness (QED) is 0.517. The van der Waals surface area contributed by atoms with E-state index in [2.05, 4.69) is 41.1 Å².